The van der Waals surface area contributed by atoms with Crippen LogP contribution in [-0.4, -0.2) is 15.0 Å². The van der Waals surface area contributed by atoms with Crippen LogP contribution in [-0.2, 0) is 5.54 Å². The molecule has 1 rings (SSSR count). The van der Waals surface area contributed by atoms with Gasteiger partial charge in [0.05, 0.1) is 5.54 Å². The zero-order valence-corrected chi connectivity index (χ0v) is 9.51. The van der Waals surface area contributed by atoms with Crippen LogP contribution in [0.15, 0.2) is 0 Å². The smallest absolute Gasteiger partial charge is 0.177 e. The van der Waals surface area contributed by atoms with Gasteiger partial charge in [0.25, 0.3) is 0 Å². The van der Waals surface area contributed by atoms with E-state index in [0.29, 0.717) is 5.15 Å². The van der Waals surface area contributed by atoms with Crippen molar-refractivity contribution in [1.82, 2.24) is 15.0 Å². The maximum absolute atomic E-state index is 5.73. The van der Waals surface area contributed by atoms with Crippen molar-refractivity contribution in [2.24, 2.45) is 0 Å². The lowest BCUT2D eigenvalue weighted by Gasteiger charge is -2.16. The summed E-state index contributed by atoms with van der Waals surface area (Å²) in [5.41, 5.74) is -0.0902. The van der Waals surface area contributed by atoms with Gasteiger partial charge in [0.1, 0.15) is 0 Å². The first-order chi connectivity index (χ1) is 4.91. The highest BCUT2D eigenvalue weighted by molar-refractivity contribution is 14.1. The SMILES string of the molecule is CC(C)(C)n1nc(Cl)c(I)n1. The lowest BCUT2D eigenvalue weighted by Crippen LogP contribution is -2.24. The summed E-state index contributed by atoms with van der Waals surface area (Å²) in [5.74, 6) is 0. The maximum Gasteiger partial charge on any atom is 0.184 e. The van der Waals surface area contributed by atoms with Crippen molar-refractivity contribution in [1.29, 1.82) is 0 Å². The minimum Gasteiger partial charge on any atom is -0.177 e. The van der Waals surface area contributed by atoms with Crippen LogP contribution >= 0.6 is 34.2 Å². The Morgan fingerprint density at radius 2 is 1.91 bits per heavy atom. The molecule has 62 valence electrons. The van der Waals surface area contributed by atoms with Crippen molar-refractivity contribution in [3.05, 3.63) is 8.85 Å². The second-order valence-electron chi connectivity index (χ2n) is 3.24. The fourth-order valence-electron chi connectivity index (χ4n) is 0.571. The lowest BCUT2D eigenvalue weighted by molar-refractivity contribution is 0.311. The third-order valence-corrected chi connectivity index (χ3v) is 2.44. The molecule has 0 aliphatic carbocycles. The highest BCUT2D eigenvalue weighted by Gasteiger charge is 2.17. The first-order valence-electron chi connectivity index (χ1n) is 3.20. The molecule has 3 nitrogen and oxygen atoms in total. The monoisotopic (exact) mass is 285 g/mol. The second kappa shape index (κ2) is 2.90. The molecule has 0 saturated carbocycles. The Morgan fingerprint density at radius 1 is 1.36 bits per heavy atom. The predicted octanol–water partition coefficient (Wildman–Crippen LogP) is 2.29. The van der Waals surface area contributed by atoms with Gasteiger partial charge in [-0.1, -0.05) is 11.6 Å². The minimum atomic E-state index is -0.0902. The molecular weight excluding hydrogens is 276 g/mol. The van der Waals surface area contributed by atoms with Crippen molar-refractivity contribution < 1.29 is 0 Å². The molecule has 0 fully saturated rings. The normalized spacial score (nSPS) is 12.1. The van der Waals surface area contributed by atoms with Gasteiger partial charge in [0.2, 0.25) is 0 Å². The van der Waals surface area contributed by atoms with Crippen LogP contribution in [0.1, 0.15) is 20.8 Å². The van der Waals surface area contributed by atoms with E-state index < -0.39 is 0 Å². The van der Waals surface area contributed by atoms with Crippen LogP contribution < -0.4 is 0 Å². The van der Waals surface area contributed by atoms with Gasteiger partial charge in [0.15, 0.2) is 8.85 Å². The van der Waals surface area contributed by atoms with Crippen LogP contribution in [0.25, 0.3) is 0 Å². The molecule has 11 heavy (non-hydrogen) atoms. The molecule has 1 aromatic rings. The molecule has 0 spiro atoms. The molecule has 0 aromatic carbocycles. The largest absolute Gasteiger partial charge is 0.184 e. The van der Waals surface area contributed by atoms with E-state index >= 15 is 0 Å². The molecule has 5 heteroatoms. The molecule has 0 unspecified atom stereocenters. The fourth-order valence-corrected chi connectivity index (χ4v) is 0.993. The van der Waals surface area contributed by atoms with Gasteiger partial charge in [-0.2, -0.15) is 4.80 Å². The number of nitrogens with zero attached hydrogens (tertiary/aromatic N) is 3. The summed E-state index contributed by atoms with van der Waals surface area (Å²) < 4.78 is 0.749. The summed E-state index contributed by atoms with van der Waals surface area (Å²) in [6.45, 7) is 6.08. The zero-order valence-electron chi connectivity index (χ0n) is 6.60. The summed E-state index contributed by atoms with van der Waals surface area (Å²) in [6.07, 6.45) is 0. The van der Waals surface area contributed by atoms with Gasteiger partial charge in [-0.15, -0.1) is 10.2 Å². The Morgan fingerprint density at radius 3 is 2.09 bits per heavy atom. The fraction of sp³-hybridized carbons (Fsp3) is 0.667. The molecular formula is C6H9ClIN3. The topological polar surface area (TPSA) is 30.7 Å². The quantitative estimate of drug-likeness (QED) is 0.685. The molecule has 1 heterocycles. The van der Waals surface area contributed by atoms with Crippen LogP contribution in [0.4, 0.5) is 0 Å². The molecule has 0 bridgehead atoms. The first kappa shape index (κ1) is 9.25. The van der Waals surface area contributed by atoms with Crippen molar-refractivity contribution in [2.75, 3.05) is 0 Å². The van der Waals surface area contributed by atoms with Crippen molar-refractivity contribution >= 4 is 34.2 Å². The van der Waals surface area contributed by atoms with Crippen LogP contribution in [0, 0.1) is 3.70 Å². The van der Waals surface area contributed by atoms with Crippen molar-refractivity contribution in [3.63, 3.8) is 0 Å². The second-order valence-corrected chi connectivity index (χ2v) is 4.62. The summed E-state index contributed by atoms with van der Waals surface area (Å²) >= 11 is 7.79. The summed E-state index contributed by atoms with van der Waals surface area (Å²) in [6, 6.07) is 0. The molecule has 0 amide bonds. The van der Waals surface area contributed by atoms with E-state index in [4.69, 9.17) is 11.6 Å². The molecule has 0 atom stereocenters. The molecule has 0 saturated heterocycles. The van der Waals surface area contributed by atoms with Crippen LogP contribution in [0.5, 0.6) is 0 Å². The number of hydrogen-bond donors (Lipinski definition) is 0. The van der Waals surface area contributed by atoms with E-state index in [0.717, 1.165) is 3.70 Å². The van der Waals surface area contributed by atoms with E-state index in [9.17, 15) is 0 Å². The number of rotatable bonds is 0. The van der Waals surface area contributed by atoms with E-state index in [-0.39, 0.29) is 5.54 Å². The standard InChI is InChI=1S/C6H9ClIN3/c1-6(2,3)11-9-4(7)5(8)10-11/h1-3H3. The van der Waals surface area contributed by atoms with Gasteiger partial charge >= 0.3 is 0 Å². The van der Waals surface area contributed by atoms with Gasteiger partial charge in [-0.25, -0.2) is 0 Å². The Hall–Kier alpha value is 0.160. The minimum absolute atomic E-state index is 0.0902. The molecule has 1 aromatic heterocycles. The third-order valence-electron chi connectivity index (χ3n) is 1.14. The zero-order chi connectivity index (χ0) is 8.65. The van der Waals surface area contributed by atoms with Gasteiger partial charge in [0, 0.05) is 0 Å². The summed E-state index contributed by atoms with van der Waals surface area (Å²) in [4.78, 5) is 1.62. The Bertz CT molecular complexity index is 244. The maximum atomic E-state index is 5.73. The van der Waals surface area contributed by atoms with E-state index in [1.807, 2.05) is 20.8 Å². The van der Waals surface area contributed by atoms with Crippen molar-refractivity contribution in [3.8, 4) is 0 Å². The van der Waals surface area contributed by atoms with E-state index in [2.05, 4.69) is 32.8 Å². The lowest BCUT2D eigenvalue weighted by atomic mass is 10.1. The highest BCUT2D eigenvalue weighted by atomic mass is 127. The average Bonchev–Trinajstić information content (AvgIpc) is 2.11. The van der Waals surface area contributed by atoms with Crippen LogP contribution in [0.2, 0.25) is 5.15 Å². The van der Waals surface area contributed by atoms with Gasteiger partial charge in [-0.05, 0) is 43.4 Å². The number of aromatic nitrogens is 3. The molecule has 0 aliphatic heterocycles. The van der Waals surface area contributed by atoms with Gasteiger partial charge in [-0.3, -0.25) is 0 Å². The van der Waals surface area contributed by atoms with Crippen molar-refractivity contribution in [2.45, 2.75) is 26.3 Å². The highest BCUT2D eigenvalue weighted by Crippen LogP contribution is 2.17. The summed E-state index contributed by atoms with van der Waals surface area (Å²) in [7, 11) is 0. The molecule has 0 aliphatic rings. The van der Waals surface area contributed by atoms with Crippen LogP contribution in [0.3, 0.4) is 0 Å². The molecule has 0 radical (unpaired) electrons. The summed E-state index contributed by atoms with van der Waals surface area (Å²) in [5, 5.41) is 8.66. The third kappa shape index (κ3) is 2.05. The average molecular weight is 286 g/mol. The van der Waals surface area contributed by atoms with E-state index in [1.165, 1.54) is 0 Å². The first-order valence-corrected chi connectivity index (χ1v) is 4.66. The molecule has 0 N–H and O–H groups in total. The predicted molar refractivity (Wildman–Crippen MR) is 52.7 cm³/mol. The Kier molecular flexibility index (Phi) is 2.43. The Balaban J connectivity index is 3.08. The number of hydrogen-bond acceptors (Lipinski definition) is 2. The van der Waals surface area contributed by atoms with E-state index in [1.54, 1.807) is 4.80 Å². The Labute approximate surface area is 84.3 Å². The number of halogens is 2. The van der Waals surface area contributed by atoms with Gasteiger partial charge < -0.3 is 0 Å².